The predicted octanol–water partition coefficient (Wildman–Crippen LogP) is 4.46. The molecule has 4 rings (SSSR count). The Morgan fingerprint density at radius 3 is 2.34 bits per heavy atom. The average Bonchev–Trinajstić information content (AvgIpc) is 3.27. The topological polar surface area (TPSA) is 111 Å². The second-order valence-electron chi connectivity index (χ2n) is 8.60. The summed E-state index contributed by atoms with van der Waals surface area (Å²) in [4.78, 5) is 30.9. The minimum absolute atomic E-state index is 0.0297. The second-order valence-corrected chi connectivity index (χ2v) is 10.6. The first-order valence-corrected chi connectivity index (χ1v) is 13.1. The number of pyridine rings is 1. The van der Waals surface area contributed by atoms with Crippen molar-refractivity contribution < 1.29 is 30.8 Å². The van der Waals surface area contributed by atoms with Crippen molar-refractivity contribution >= 4 is 15.7 Å². The minimum atomic E-state index is -4.64. The summed E-state index contributed by atoms with van der Waals surface area (Å²) < 4.78 is 69.8. The molecule has 1 amide bonds. The van der Waals surface area contributed by atoms with Crippen LogP contribution in [0, 0.1) is 13.8 Å². The van der Waals surface area contributed by atoms with Crippen LogP contribution in [0.4, 0.5) is 13.2 Å². The maximum absolute atomic E-state index is 13.5. The van der Waals surface area contributed by atoms with Crippen molar-refractivity contribution in [2.45, 2.75) is 31.5 Å². The number of aryl methyl sites for hydroxylation is 1. The molecule has 12 heteroatoms. The smallest absolute Gasteiger partial charge is 0.416 e. The number of carbonyl (C=O) groups is 1. The SMILES string of the molecule is Cc1ocnc1-c1cc(C(=O)NCc2ccc(S(C)(=O)=O)cc2)c(=O)n(-c2cccc(C(F)(F)F)c2)c1C. The van der Waals surface area contributed by atoms with Gasteiger partial charge in [0, 0.05) is 29.7 Å². The molecule has 0 aliphatic heterocycles. The summed E-state index contributed by atoms with van der Waals surface area (Å²) in [5, 5.41) is 2.61. The number of hydrogen-bond donors (Lipinski definition) is 1. The Balaban J connectivity index is 1.78. The molecule has 8 nitrogen and oxygen atoms in total. The fourth-order valence-electron chi connectivity index (χ4n) is 3.93. The van der Waals surface area contributed by atoms with Gasteiger partial charge in [0.2, 0.25) is 0 Å². The Labute approximate surface area is 215 Å². The van der Waals surface area contributed by atoms with Gasteiger partial charge in [-0.25, -0.2) is 13.4 Å². The summed E-state index contributed by atoms with van der Waals surface area (Å²) in [5.74, 6) is -0.384. The highest BCUT2D eigenvalue weighted by molar-refractivity contribution is 7.90. The quantitative estimate of drug-likeness (QED) is 0.383. The third kappa shape index (κ3) is 5.40. The van der Waals surface area contributed by atoms with E-state index < -0.39 is 33.0 Å². The van der Waals surface area contributed by atoms with Gasteiger partial charge in [-0.2, -0.15) is 13.2 Å². The molecule has 198 valence electrons. The lowest BCUT2D eigenvalue weighted by molar-refractivity contribution is -0.137. The lowest BCUT2D eigenvalue weighted by atomic mass is 10.0. The minimum Gasteiger partial charge on any atom is -0.448 e. The lowest BCUT2D eigenvalue weighted by Crippen LogP contribution is -2.33. The van der Waals surface area contributed by atoms with Crippen LogP contribution in [-0.2, 0) is 22.6 Å². The molecule has 2 aromatic heterocycles. The summed E-state index contributed by atoms with van der Waals surface area (Å²) in [6.45, 7) is 3.13. The van der Waals surface area contributed by atoms with Crippen LogP contribution in [0.5, 0.6) is 0 Å². The third-order valence-corrected chi connectivity index (χ3v) is 7.06. The van der Waals surface area contributed by atoms with Crippen molar-refractivity contribution in [1.29, 1.82) is 0 Å². The zero-order valence-corrected chi connectivity index (χ0v) is 21.3. The Bertz CT molecular complexity index is 1690. The van der Waals surface area contributed by atoms with Gasteiger partial charge in [0.1, 0.15) is 17.0 Å². The Hall–Kier alpha value is -4.19. The van der Waals surface area contributed by atoms with Crippen molar-refractivity contribution in [2.75, 3.05) is 6.26 Å². The molecule has 0 unspecified atom stereocenters. The number of rotatable bonds is 6. The van der Waals surface area contributed by atoms with E-state index in [1.807, 2.05) is 0 Å². The van der Waals surface area contributed by atoms with Gasteiger partial charge in [0.25, 0.3) is 11.5 Å². The fourth-order valence-corrected chi connectivity index (χ4v) is 4.56. The molecular formula is C26H22F3N3O5S. The van der Waals surface area contributed by atoms with E-state index in [0.717, 1.165) is 23.0 Å². The summed E-state index contributed by atoms with van der Waals surface area (Å²) in [7, 11) is -3.39. The molecule has 2 heterocycles. The third-order valence-electron chi connectivity index (χ3n) is 5.93. The van der Waals surface area contributed by atoms with Crippen LogP contribution in [0.3, 0.4) is 0 Å². The summed E-state index contributed by atoms with van der Waals surface area (Å²) in [6.07, 6.45) is -2.38. The van der Waals surface area contributed by atoms with Crippen LogP contribution in [0.25, 0.3) is 16.9 Å². The zero-order valence-electron chi connectivity index (χ0n) is 20.5. The summed E-state index contributed by atoms with van der Waals surface area (Å²) in [5.41, 5.74) is -0.675. The van der Waals surface area contributed by atoms with E-state index in [1.54, 1.807) is 6.92 Å². The Morgan fingerprint density at radius 2 is 1.76 bits per heavy atom. The van der Waals surface area contributed by atoms with Gasteiger partial charge >= 0.3 is 6.18 Å². The van der Waals surface area contributed by atoms with Gasteiger partial charge in [-0.3, -0.25) is 14.2 Å². The number of oxazole rings is 1. The number of amides is 1. The number of alkyl halides is 3. The number of carbonyl (C=O) groups excluding carboxylic acids is 1. The molecule has 38 heavy (non-hydrogen) atoms. The van der Waals surface area contributed by atoms with Crippen molar-refractivity contribution in [3.05, 3.63) is 99.5 Å². The van der Waals surface area contributed by atoms with E-state index >= 15 is 0 Å². The van der Waals surface area contributed by atoms with Crippen molar-refractivity contribution in [3.63, 3.8) is 0 Å². The van der Waals surface area contributed by atoms with Crippen LogP contribution in [0.15, 0.2) is 75.1 Å². The molecule has 4 aromatic rings. The zero-order chi connectivity index (χ0) is 27.8. The van der Waals surface area contributed by atoms with Crippen molar-refractivity contribution in [2.24, 2.45) is 0 Å². The molecule has 1 N–H and O–H groups in total. The van der Waals surface area contributed by atoms with E-state index in [-0.39, 0.29) is 28.4 Å². The first kappa shape index (κ1) is 26.9. The van der Waals surface area contributed by atoms with Crippen LogP contribution >= 0.6 is 0 Å². The monoisotopic (exact) mass is 545 g/mol. The van der Waals surface area contributed by atoms with E-state index in [9.17, 15) is 31.2 Å². The molecule has 2 aromatic carbocycles. The first-order valence-electron chi connectivity index (χ1n) is 11.2. The standard InChI is InChI=1S/C26H22F3N3O5S/c1-15-21(23-16(2)37-14-31-23)12-22(24(33)30-13-17-7-9-20(10-8-17)38(3,35)36)25(34)32(15)19-6-4-5-18(11-19)26(27,28)29/h4-12,14H,13H2,1-3H3,(H,30,33). The maximum atomic E-state index is 13.5. The van der Waals surface area contributed by atoms with Crippen LogP contribution in [0.1, 0.15) is 32.9 Å². The number of nitrogens with zero attached hydrogens (tertiary/aromatic N) is 2. The van der Waals surface area contributed by atoms with Crippen molar-refractivity contribution in [1.82, 2.24) is 14.9 Å². The second kappa shape index (κ2) is 9.93. The highest BCUT2D eigenvalue weighted by atomic mass is 32.2. The lowest BCUT2D eigenvalue weighted by Gasteiger charge is -2.17. The Morgan fingerprint density at radius 1 is 1.08 bits per heavy atom. The molecule has 0 saturated heterocycles. The van der Waals surface area contributed by atoms with Gasteiger partial charge in [0.05, 0.1) is 10.5 Å². The van der Waals surface area contributed by atoms with Crippen LogP contribution < -0.4 is 10.9 Å². The first-order chi connectivity index (χ1) is 17.8. The van der Waals surface area contributed by atoms with E-state index in [2.05, 4.69) is 10.3 Å². The van der Waals surface area contributed by atoms with E-state index in [0.29, 0.717) is 22.6 Å². The molecule has 0 bridgehead atoms. The molecule has 0 aliphatic carbocycles. The normalized spacial score (nSPS) is 11.9. The molecule has 0 aliphatic rings. The predicted molar refractivity (Wildman–Crippen MR) is 133 cm³/mol. The van der Waals surface area contributed by atoms with E-state index in [1.165, 1.54) is 55.8 Å². The molecule has 0 fully saturated rings. The number of halogens is 3. The number of sulfone groups is 1. The largest absolute Gasteiger partial charge is 0.448 e. The molecule has 0 spiro atoms. The number of nitrogens with one attached hydrogen (secondary N) is 1. The fraction of sp³-hybridized carbons (Fsp3) is 0.192. The van der Waals surface area contributed by atoms with E-state index in [4.69, 9.17) is 4.42 Å². The summed E-state index contributed by atoms with van der Waals surface area (Å²) in [6, 6.07) is 11.4. The molecule has 0 saturated carbocycles. The highest BCUT2D eigenvalue weighted by Gasteiger charge is 2.31. The van der Waals surface area contributed by atoms with Crippen LogP contribution in [0.2, 0.25) is 0 Å². The molecular weight excluding hydrogens is 523 g/mol. The summed E-state index contributed by atoms with van der Waals surface area (Å²) >= 11 is 0. The van der Waals surface area contributed by atoms with Gasteiger partial charge in [-0.05, 0) is 55.8 Å². The Kier molecular flexibility index (Phi) is 7.02. The van der Waals surface area contributed by atoms with Gasteiger partial charge in [-0.15, -0.1) is 0 Å². The average molecular weight is 546 g/mol. The van der Waals surface area contributed by atoms with Gasteiger partial charge in [0.15, 0.2) is 16.2 Å². The number of hydrogen-bond acceptors (Lipinski definition) is 6. The maximum Gasteiger partial charge on any atom is 0.416 e. The van der Waals surface area contributed by atoms with Crippen molar-refractivity contribution in [3.8, 4) is 16.9 Å². The molecule has 0 atom stereocenters. The number of aromatic nitrogens is 2. The van der Waals surface area contributed by atoms with Gasteiger partial charge < -0.3 is 9.73 Å². The van der Waals surface area contributed by atoms with Crippen LogP contribution in [-0.4, -0.2) is 30.1 Å². The number of benzene rings is 2. The molecule has 0 radical (unpaired) electrons. The van der Waals surface area contributed by atoms with Gasteiger partial charge in [-0.1, -0.05) is 18.2 Å². The highest BCUT2D eigenvalue weighted by Crippen LogP contribution is 2.31.